The van der Waals surface area contributed by atoms with Crippen molar-refractivity contribution < 1.29 is 19.1 Å². The molecule has 0 radical (unpaired) electrons. The number of hydrogen-bond donors (Lipinski definition) is 1. The number of nitrogens with zero attached hydrogens (tertiary/aromatic N) is 1. The zero-order chi connectivity index (χ0) is 21.7. The van der Waals surface area contributed by atoms with Crippen LogP contribution in [0, 0.1) is 5.92 Å². The van der Waals surface area contributed by atoms with Crippen LogP contribution >= 0.6 is 15.9 Å². The minimum absolute atomic E-state index is 0.0767. The van der Waals surface area contributed by atoms with Gasteiger partial charge in [-0.15, -0.1) is 0 Å². The van der Waals surface area contributed by atoms with E-state index in [1.807, 2.05) is 18.2 Å². The second-order valence-electron chi connectivity index (χ2n) is 7.40. The van der Waals surface area contributed by atoms with Crippen LogP contribution in [0.3, 0.4) is 0 Å². The average Bonchev–Trinajstić information content (AvgIpc) is 2.72. The fourth-order valence-electron chi connectivity index (χ4n) is 3.54. The van der Waals surface area contributed by atoms with Gasteiger partial charge in [0.1, 0.15) is 12.4 Å². The van der Waals surface area contributed by atoms with Crippen LogP contribution in [0.1, 0.15) is 18.1 Å². The summed E-state index contributed by atoms with van der Waals surface area (Å²) >= 11 is 3.47. The van der Waals surface area contributed by atoms with Crippen LogP contribution in [0.5, 0.6) is 5.75 Å². The Hall–Kier alpha value is -2.64. The first kappa shape index (κ1) is 22.1. The molecular formula is C23H25BrN2O4. The Morgan fingerprint density at radius 3 is 2.83 bits per heavy atom. The van der Waals surface area contributed by atoms with E-state index in [1.165, 1.54) is 11.6 Å². The molecule has 1 aliphatic heterocycles. The summed E-state index contributed by atoms with van der Waals surface area (Å²) in [6.07, 6.45) is 1.96. The zero-order valence-corrected chi connectivity index (χ0v) is 18.4. The summed E-state index contributed by atoms with van der Waals surface area (Å²) in [5.41, 5.74) is 9.26. The first-order valence-electron chi connectivity index (χ1n) is 9.77. The maximum atomic E-state index is 13.1. The summed E-state index contributed by atoms with van der Waals surface area (Å²) in [6.45, 7) is 6.34. The average molecular weight is 473 g/mol. The summed E-state index contributed by atoms with van der Waals surface area (Å²) in [7, 11) is 0. The molecule has 1 heterocycles. The smallest absolute Gasteiger partial charge is 0.430 e. The lowest BCUT2D eigenvalue weighted by Crippen LogP contribution is -2.48. The lowest BCUT2D eigenvalue weighted by molar-refractivity contribution is -0.120. The highest BCUT2D eigenvalue weighted by molar-refractivity contribution is 9.10. The van der Waals surface area contributed by atoms with Gasteiger partial charge in [-0.1, -0.05) is 59.8 Å². The van der Waals surface area contributed by atoms with Crippen LogP contribution in [0.25, 0.3) is 0 Å². The third-order valence-electron chi connectivity index (χ3n) is 4.91. The van der Waals surface area contributed by atoms with E-state index in [0.29, 0.717) is 29.1 Å². The van der Waals surface area contributed by atoms with Crippen LogP contribution in [-0.4, -0.2) is 31.3 Å². The molecule has 0 aliphatic carbocycles. The van der Waals surface area contributed by atoms with Gasteiger partial charge < -0.3 is 20.1 Å². The van der Waals surface area contributed by atoms with Crippen molar-refractivity contribution in [3.63, 3.8) is 0 Å². The number of anilines is 1. The molecule has 1 amide bonds. The van der Waals surface area contributed by atoms with Gasteiger partial charge in [-0.2, -0.15) is 0 Å². The molecule has 1 unspecified atom stereocenters. The summed E-state index contributed by atoms with van der Waals surface area (Å²) in [5.74, 6) is 0.604. The lowest BCUT2D eigenvalue weighted by atomic mass is 9.93. The van der Waals surface area contributed by atoms with Crippen molar-refractivity contribution in [1.29, 1.82) is 0 Å². The molecule has 1 aliphatic rings. The summed E-state index contributed by atoms with van der Waals surface area (Å²) in [4.78, 5) is 26.5. The van der Waals surface area contributed by atoms with Crippen molar-refractivity contribution >= 4 is 33.7 Å². The first-order chi connectivity index (χ1) is 14.4. The fraction of sp³-hybridized carbons (Fsp3) is 0.304. The van der Waals surface area contributed by atoms with E-state index >= 15 is 0 Å². The highest BCUT2D eigenvalue weighted by Gasteiger charge is 2.29. The van der Waals surface area contributed by atoms with Crippen molar-refractivity contribution in [2.45, 2.75) is 25.8 Å². The summed E-state index contributed by atoms with van der Waals surface area (Å²) in [6, 6.07) is 12.4. The van der Waals surface area contributed by atoms with Gasteiger partial charge in [0.2, 0.25) is 5.91 Å². The van der Waals surface area contributed by atoms with Crippen LogP contribution in [-0.2, 0) is 22.4 Å². The van der Waals surface area contributed by atoms with E-state index in [1.54, 1.807) is 23.1 Å². The number of amides is 1. The quantitative estimate of drug-likeness (QED) is 0.386. The molecule has 0 saturated carbocycles. The molecule has 2 N–H and O–H groups in total. The molecule has 7 heteroatoms. The first-order valence-corrected chi connectivity index (χ1v) is 10.6. The minimum atomic E-state index is -0.806. The Balaban J connectivity index is 1.68. The number of rotatable bonds is 6. The summed E-state index contributed by atoms with van der Waals surface area (Å²) in [5, 5.41) is 0. The number of carbonyl (C=O) groups excluding carboxylic acids is 2. The van der Waals surface area contributed by atoms with Gasteiger partial charge >= 0.3 is 6.16 Å². The molecule has 30 heavy (non-hydrogen) atoms. The monoisotopic (exact) mass is 472 g/mol. The Kier molecular flexibility index (Phi) is 7.29. The molecular weight excluding hydrogens is 448 g/mol. The number of fused-ring (bicyclic) bond motifs is 1. The van der Waals surface area contributed by atoms with Crippen molar-refractivity contribution in [3.05, 3.63) is 70.7 Å². The Morgan fingerprint density at radius 1 is 1.33 bits per heavy atom. The van der Waals surface area contributed by atoms with Crippen molar-refractivity contribution in [2.24, 2.45) is 11.7 Å². The number of carbonyl (C=O) groups is 2. The Bertz CT molecular complexity index is 947. The molecule has 0 aromatic heterocycles. The standard InChI is InChI=1S/C23H25BrN2O4/c1-3-10-29-23(28)30-18-9-8-16(19(24)13-18)12-20(25)22(27)26-14-15(2)11-17-6-4-5-7-21(17)26/h3-9,13,15,20H,1,10-12,14,25H2,2H3/t15?,20-/m1/s1. The number of para-hydroxylation sites is 1. The Labute approximate surface area is 184 Å². The van der Waals surface area contributed by atoms with Crippen molar-refractivity contribution in [3.8, 4) is 5.75 Å². The van der Waals surface area contributed by atoms with E-state index in [0.717, 1.165) is 17.7 Å². The second kappa shape index (κ2) is 9.91. The third kappa shape index (κ3) is 5.29. The van der Waals surface area contributed by atoms with Crippen LogP contribution in [0.2, 0.25) is 0 Å². The maximum absolute atomic E-state index is 13.1. The predicted molar refractivity (Wildman–Crippen MR) is 120 cm³/mol. The molecule has 2 aromatic rings. The maximum Gasteiger partial charge on any atom is 0.514 e. The van der Waals surface area contributed by atoms with Crippen LogP contribution in [0.15, 0.2) is 59.6 Å². The topological polar surface area (TPSA) is 81.9 Å². The number of benzene rings is 2. The number of nitrogens with two attached hydrogens (primary N) is 1. The molecule has 6 nitrogen and oxygen atoms in total. The molecule has 0 saturated heterocycles. The van der Waals surface area contributed by atoms with E-state index in [9.17, 15) is 9.59 Å². The summed E-state index contributed by atoms with van der Waals surface area (Å²) < 4.78 is 10.6. The van der Waals surface area contributed by atoms with Crippen LogP contribution < -0.4 is 15.4 Å². The molecule has 2 aromatic carbocycles. The molecule has 0 fully saturated rings. The number of hydrogen-bond acceptors (Lipinski definition) is 5. The largest absolute Gasteiger partial charge is 0.514 e. The van der Waals surface area contributed by atoms with E-state index in [2.05, 4.69) is 35.5 Å². The van der Waals surface area contributed by atoms with Crippen LogP contribution in [0.4, 0.5) is 10.5 Å². The highest BCUT2D eigenvalue weighted by Crippen LogP contribution is 2.30. The number of ether oxygens (including phenoxy) is 2. The zero-order valence-electron chi connectivity index (χ0n) is 16.8. The molecule has 2 atom stereocenters. The fourth-order valence-corrected chi connectivity index (χ4v) is 4.06. The van der Waals surface area contributed by atoms with Crippen molar-refractivity contribution in [2.75, 3.05) is 18.1 Å². The van der Waals surface area contributed by atoms with Gasteiger partial charge in [0.05, 0.1) is 6.04 Å². The van der Waals surface area contributed by atoms with E-state index in [4.69, 9.17) is 15.2 Å². The normalized spacial score (nSPS) is 16.4. The van der Waals surface area contributed by atoms with Crippen molar-refractivity contribution in [1.82, 2.24) is 0 Å². The predicted octanol–water partition coefficient (Wildman–Crippen LogP) is 4.25. The van der Waals surface area contributed by atoms with Gasteiger partial charge in [0.25, 0.3) is 0 Å². The SMILES string of the molecule is C=CCOC(=O)Oc1ccc(C[C@@H](N)C(=O)N2CC(C)Cc3ccccc32)c(Br)c1. The van der Waals surface area contributed by atoms with Gasteiger partial charge in [0, 0.05) is 16.7 Å². The van der Waals surface area contributed by atoms with Gasteiger partial charge in [-0.25, -0.2) is 4.79 Å². The van der Waals surface area contributed by atoms with E-state index in [-0.39, 0.29) is 12.5 Å². The van der Waals surface area contributed by atoms with Gasteiger partial charge in [-0.05, 0) is 48.1 Å². The Morgan fingerprint density at radius 2 is 2.10 bits per heavy atom. The van der Waals surface area contributed by atoms with E-state index < -0.39 is 12.2 Å². The molecule has 0 spiro atoms. The lowest BCUT2D eigenvalue weighted by Gasteiger charge is -2.34. The van der Waals surface area contributed by atoms with Gasteiger partial charge in [0.15, 0.2) is 0 Å². The number of halogens is 1. The highest BCUT2D eigenvalue weighted by atomic mass is 79.9. The van der Waals surface area contributed by atoms with Gasteiger partial charge in [-0.3, -0.25) is 4.79 Å². The molecule has 3 rings (SSSR count). The third-order valence-corrected chi connectivity index (χ3v) is 5.65. The second-order valence-corrected chi connectivity index (χ2v) is 8.26. The molecule has 158 valence electrons. The minimum Gasteiger partial charge on any atom is -0.430 e. The molecule has 0 bridgehead atoms.